The second kappa shape index (κ2) is 8.89. The molecule has 3 fully saturated rings. The van der Waals surface area contributed by atoms with Crippen molar-refractivity contribution in [3.8, 4) is 0 Å². The lowest BCUT2D eigenvalue weighted by atomic mass is 9.91. The van der Waals surface area contributed by atoms with Gasteiger partial charge in [0.05, 0.1) is 0 Å². The first-order chi connectivity index (χ1) is 12.5. The van der Waals surface area contributed by atoms with Gasteiger partial charge in [0.25, 0.3) is 0 Å². The topological polar surface area (TPSA) is 59.9 Å². The predicted molar refractivity (Wildman–Crippen MR) is 104 cm³/mol. The summed E-state index contributed by atoms with van der Waals surface area (Å²) in [6.45, 7) is 9.35. The van der Waals surface area contributed by atoms with E-state index in [0.29, 0.717) is 11.8 Å². The average molecular weight is 363 g/mol. The smallest absolute Gasteiger partial charge is 0.410 e. The van der Waals surface area contributed by atoms with Crippen LogP contribution in [0.3, 0.4) is 0 Å². The molecule has 0 radical (unpaired) electrons. The highest BCUT2D eigenvalue weighted by molar-refractivity contribution is 5.90. The molecular formula is C20H34N4O2. The zero-order valence-electron chi connectivity index (χ0n) is 16.3. The van der Waals surface area contributed by atoms with Crippen molar-refractivity contribution in [3.05, 3.63) is 12.2 Å². The van der Waals surface area contributed by atoms with Crippen molar-refractivity contribution >= 4 is 11.9 Å². The Morgan fingerprint density at radius 3 is 2.19 bits per heavy atom. The number of carbonyl (C=O) groups excluding carboxylic acids is 1. The lowest BCUT2D eigenvalue weighted by Gasteiger charge is -2.43. The number of ether oxygens (including phenoxy) is 1. The molecular weight excluding hydrogens is 328 g/mol. The van der Waals surface area contributed by atoms with Gasteiger partial charge in [0.1, 0.15) is 11.9 Å². The summed E-state index contributed by atoms with van der Waals surface area (Å²) in [5, 5.41) is 8.14. The van der Waals surface area contributed by atoms with E-state index in [1.807, 2.05) is 11.0 Å². The van der Waals surface area contributed by atoms with Crippen molar-refractivity contribution < 1.29 is 9.53 Å². The quantitative estimate of drug-likeness (QED) is 0.617. The van der Waals surface area contributed by atoms with E-state index in [1.165, 1.54) is 19.3 Å². The Morgan fingerprint density at radius 1 is 1.00 bits per heavy atom. The molecule has 26 heavy (non-hydrogen) atoms. The molecule has 146 valence electrons. The molecule has 6 heteroatoms. The third-order valence-corrected chi connectivity index (χ3v) is 5.85. The van der Waals surface area contributed by atoms with Crippen molar-refractivity contribution in [2.45, 2.75) is 58.1 Å². The first-order valence-electron chi connectivity index (χ1n) is 10.2. The van der Waals surface area contributed by atoms with Gasteiger partial charge in [0, 0.05) is 58.2 Å². The molecule has 0 aromatic heterocycles. The Balaban J connectivity index is 1.36. The van der Waals surface area contributed by atoms with Crippen LogP contribution in [0.2, 0.25) is 0 Å². The molecule has 1 aliphatic carbocycles. The van der Waals surface area contributed by atoms with Gasteiger partial charge < -0.3 is 14.5 Å². The second-order valence-electron chi connectivity index (χ2n) is 8.17. The molecule has 2 aliphatic heterocycles. The molecule has 3 aliphatic rings. The van der Waals surface area contributed by atoms with Crippen molar-refractivity contribution in [3.63, 3.8) is 0 Å². The van der Waals surface area contributed by atoms with Crippen LogP contribution in [0.25, 0.3) is 0 Å². The molecule has 1 amide bonds. The molecule has 2 heterocycles. The monoisotopic (exact) mass is 362 g/mol. The predicted octanol–water partition coefficient (Wildman–Crippen LogP) is 2.95. The van der Waals surface area contributed by atoms with E-state index >= 15 is 0 Å². The van der Waals surface area contributed by atoms with Crippen molar-refractivity contribution in [2.24, 2.45) is 5.92 Å². The van der Waals surface area contributed by atoms with Gasteiger partial charge in [-0.3, -0.25) is 10.3 Å². The largest absolute Gasteiger partial charge is 0.446 e. The Bertz CT molecular complexity index is 514. The van der Waals surface area contributed by atoms with E-state index in [2.05, 4.69) is 29.7 Å². The normalized spacial score (nSPS) is 23.5. The molecule has 0 spiro atoms. The second-order valence-corrected chi connectivity index (χ2v) is 8.17. The number of piperazine rings is 1. The summed E-state index contributed by atoms with van der Waals surface area (Å²) in [6, 6.07) is 0.762. The number of hydrogen-bond acceptors (Lipinski definition) is 4. The minimum Gasteiger partial charge on any atom is -0.446 e. The van der Waals surface area contributed by atoms with Crippen LogP contribution < -0.4 is 0 Å². The SMILES string of the molecule is CC(C)/C=C\C(=N)N1CCC(OC(=O)N2CCN(C3CCC3)CC2)CC1. The number of likely N-dealkylation sites (tertiary alicyclic amines) is 1. The number of hydrogen-bond donors (Lipinski definition) is 1. The van der Waals surface area contributed by atoms with Crippen LogP contribution in [-0.4, -0.2) is 78.0 Å². The van der Waals surface area contributed by atoms with E-state index in [-0.39, 0.29) is 12.2 Å². The van der Waals surface area contributed by atoms with Crippen LogP contribution in [0.4, 0.5) is 4.79 Å². The molecule has 2 saturated heterocycles. The number of amides is 1. The fraction of sp³-hybridized carbons (Fsp3) is 0.800. The van der Waals surface area contributed by atoms with Gasteiger partial charge in [0.15, 0.2) is 0 Å². The lowest BCUT2D eigenvalue weighted by Crippen LogP contribution is -2.54. The lowest BCUT2D eigenvalue weighted by molar-refractivity contribution is 0.0158. The maximum atomic E-state index is 12.4. The summed E-state index contributed by atoms with van der Waals surface area (Å²) in [5.41, 5.74) is 0. The van der Waals surface area contributed by atoms with Gasteiger partial charge in [-0.1, -0.05) is 26.3 Å². The Hall–Kier alpha value is -1.56. The highest BCUT2D eigenvalue weighted by Gasteiger charge is 2.31. The average Bonchev–Trinajstić information content (AvgIpc) is 2.59. The number of piperidine rings is 1. The maximum Gasteiger partial charge on any atom is 0.410 e. The summed E-state index contributed by atoms with van der Waals surface area (Å²) in [4.78, 5) is 18.9. The third kappa shape index (κ3) is 5.00. The van der Waals surface area contributed by atoms with Crippen molar-refractivity contribution in [2.75, 3.05) is 39.3 Å². The van der Waals surface area contributed by atoms with Gasteiger partial charge in [-0.2, -0.15) is 0 Å². The molecule has 3 rings (SSSR count). The van der Waals surface area contributed by atoms with E-state index in [9.17, 15) is 4.79 Å². The summed E-state index contributed by atoms with van der Waals surface area (Å²) in [5.74, 6) is 1.02. The van der Waals surface area contributed by atoms with Gasteiger partial charge in [0.2, 0.25) is 0 Å². The number of allylic oxidation sites excluding steroid dienone is 1. The van der Waals surface area contributed by atoms with Crippen LogP contribution in [0.1, 0.15) is 46.0 Å². The zero-order chi connectivity index (χ0) is 18.5. The van der Waals surface area contributed by atoms with E-state index < -0.39 is 0 Å². The first-order valence-corrected chi connectivity index (χ1v) is 10.2. The summed E-state index contributed by atoms with van der Waals surface area (Å²) >= 11 is 0. The van der Waals surface area contributed by atoms with Crippen LogP contribution in [0, 0.1) is 11.3 Å². The summed E-state index contributed by atoms with van der Waals surface area (Å²) in [6.07, 6.45) is 9.41. The number of nitrogens with zero attached hydrogens (tertiary/aromatic N) is 3. The number of nitrogens with one attached hydrogen (secondary N) is 1. The maximum absolute atomic E-state index is 12.4. The molecule has 0 bridgehead atoms. The molecule has 1 N–H and O–H groups in total. The number of amidine groups is 1. The van der Waals surface area contributed by atoms with Crippen molar-refractivity contribution in [1.82, 2.24) is 14.7 Å². The molecule has 1 saturated carbocycles. The Morgan fingerprint density at radius 2 is 1.65 bits per heavy atom. The highest BCUT2D eigenvalue weighted by Crippen LogP contribution is 2.25. The standard InChI is InChI=1S/C20H34N4O2/c1-16(2)6-7-19(21)23-10-8-18(9-11-23)26-20(25)24-14-12-22(13-15-24)17-4-3-5-17/h6-7,16-18,21H,3-5,8-15H2,1-2H3/b7-6-,21-19?. The van der Waals surface area contributed by atoms with Crippen LogP contribution >= 0.6 is 0 Å². The van der Waals surface area contributed by atoms with E-state index in [0.717, 1.165) is 58.2 Å². The zero-order valence-corrected chi connectivity index (χ0v) is 16.3. The van der Waals surface area contributed by atoms with Crippen LogP contribution in [-0.2, 0) is 4.74 Å². The van der Waals surface area contributed by atoms with Crippen LogP contribution in [0.15, 0.2) is 12.2 Å². The van der Waals surface area contributed by atoms with E-state index in [4.69, 9.17) is 10.1 Å². The van der Waals surface area contributed by atoms with Gasteiger partial charge in [-0.15, -0.1) is 0 Å². The summed E-state index contributed by atoms with van der Waals surface area (Å²) in [7, 11) is 0. The molecule has 0 atom stereocenters. The van der Waals surface area contributed by atoms with Gasteiger partial charge in [-0.25, -0.2) is 4.79 Å². The van der Waals surface area contributed by atoms with Crippen molar-refractivity contribution in [1.29, 1.82) is 5.41 Å². The molecule has 0 unspecified atom stereocenters. The Labute approximate surface area is 157 Å². The van der Waals surface area contributed by atoms with Gasteiger partial charge in [-0.05, 0) is 24.8 Å². The highest BCUT2D eigenvalue weighted by atomic mass is 16.6. The minimum absolute atomic E-state index is 0.00899. The molecule has 0 aromatic carbocycles. The summed E-state index contributed by atoms with van der Waals surface area (Å²) < 4.78 is 5.75. The fourth-order valence-electron chi connectivity index (χ4n) is 3.84. The minimum atomic E-state index is -0.147. The van der Waals surface area contributed by atoms with Crippen LogP contribution in [0.5, 0.6) is 0 Å². The molecule has 0 aromatic rings. The fourth-order valence-corrected chi connectivity index (χ4v) is 3.84. The first kappa shape index (κ1) is 19.2. The number of rotatable bonds is 4. The Kier molecular flexibility index (Phi) is 6.57. The van der Waals surface area contributed by atoms with E-state index in [1.54, 1.807) is 0 Å². The van der Waals surface area contributed by atoms with Gasteiger partial charge >= 0.3 is 6.09 Å². The molecule has 6 nitrogen and oxygen atoms in total. The third-order valence-electron chi connectivity index (χ3n) is 5.85. The number of carbonyl (C=O) groups is 1.